The highest BCUT2D eigenvalue weighted by atomic mass is 35.5. The third kappa shape index (κ3) is 4.29. The quantitative estimate of drug-likeness (QED) is 0.797. The number of rotatable bonds is 6. The molecule has 1 aromatic carbocycles. The molecular formula is C16H18Cl2N4S. The molecule has 4 nitrogen and oxygen atoms in total. The lowest BCUT2D eigenvalue weighted by atomic mass is 10.00. The van der Waals surface area contributed by atoms with E-state index >= 15 is 0 Å². The van der Waals surface area contributed by atoms with Crippen molar-refractivity contribution in [2.24, 2.45) is 5.92 Å². The highest BCUT2D eigenvalue weighted by Crippen LogP contribution is 2.37. The van der Waals surface area contributed by atoms with Gasteiger partial charge in [0, 0.05) is 11.4 Å². The monoisotopic (exact) mass is 368 g/mol. The summed E-state index contributed by atoms with van der Waals surface area (Å²) in [6.07, 6.45) is 2.93. The molecule has 1 saturated heterocycles. The maximum atomic E-state index is 6.23. The van der Waals surface area contributed by atoms with E-state index in [2.05, 4.69) is 20.6 Å². The van der Waals surface area contributed by atoms with Gasteiger partial charge in [0.2, 0.25) is 0 Å². The van der Waals surface area contributed by atoms with Crippen LogP contribution in [0.15, 0.2) is 34.3 Å². The Morgan fingerprint density at radius 1 is 1.35 bits per heavy atom. The van der Waals surface area contributed by atoms with Crippen LogP contribution in [0.25, 0.3) is 0 Å². The molecule has 0 aliphatic carbocycles. The molecule has 1 aliphatic heterocycles. The minimum Gasteiger partial charge on any atom is -0.369 e. The molecule has 2 aromatic rings. The zero-order chi connectivity index (χ0) is 16.2. The molecule has 7 heteroatoms. The van der Waals surface area contributed by atoms with Crippen LogP contribution in [0.3, 0.4) is 0 Å². The third-order valence-electron chi connectivity index (χ3n) is 3.75. The fraction of sp³-hybridized carbons (Fsp3) is 0.375. The predicted octanol–water partition coefficient (Wildman–Crippen LogP) is 4.26. The lowest BCUT2D eigenvalue weighted by molar-refractivity contribution is 0.334. The zero-order valence-corrected chi connectivity index (χ0v) is 15.1. The van der Waals surface area contributed by atoms with Gasteiger partial charge in [-0.3, -0.25) is 0 Å². The van der Waals surface area contributed by atoms with Gasteiger partial charge in [0.1, 0.15) is 10.8 Å². The predicted molar refractivity (Wildman–Crippen MR) is 96.8 cm³/mol. The zero-order valence-electron chi connectivity index (χ0n) is 12.8. The van der Waals surface area contributed by atoms with Gasteiger partial charge in [-0.25, -0.2) is 9.97 Å². The molecule has 122 valence electrons. The number of aromatic nitrogens is 2. The first kappa shape index (κ1) is 16.8. The maximum Gasteiger partial charge on any atom is 0.144 e. The molecule has 0 spiro atoms. The minimum atomic E-state index is 0.547. The summed E-state index contributed by atoms with van der Waals surface area (Å²) in [5.41, 5.74) is 0.876. The van der Waals surface area contributed by atoms with Crippen molar-refractivity contribution in [2.45, 2.75) is 23.3 Å². The Morgan fingerprint density at radius 3 is 2.87 bits per heavy atom. The average Bonchev–Trinajstić information content (AvgIpc) is 2.49. The van der Waals surface area contributed by atoms with Gasteiger partial charge in [-0.15, -0.1) is 0 Å². The molecule has 0 radical (unpaired) electrons. The second kappa shape index (κ2) is 7.71. The van der Waals surface area contributed by atoms with Gasteiger partial charge < -0.3 is 10.6 Å². The normalized spacial score (nSPS) is 14.6. The number of nitrogens with zero attached hydrogens (tertiary/aromatic N) is 2. The Kier molecular flexibility index (Phi) is 5.64. The molecule has 23 heavy (non-hydrogen) atoms. The molecular weight excluding hydrogens is 351 g/mol. The SMILES string of the molecule is Cc1nc(NCCC2CNC2)cnc1Sc1cccc(Cl)c1Cl. The van der Waals surface area contributed by atoms with Gasteiger partial charge in [-0.05, 0) is 44.5 Å². The van der Waals surface area contributed by atoms with E-state index < -0.39 is 0 Å². The van der Waals surface area contributed by atoms with Crippen molar-refractivity contribution >= 4 is 40.8 Å². The molecule has 1 aliphatic rings. The molecule has 1 aromatic heterocycles. The lowest BCUT2D eigenvalue weighted by Crippen LogP contribution is -2.42. The number of benzene rings is 1. The standard InChI is InChI=1S/C16H18Cl2N4S/c1-10-16(23-13-4-2-3-12(17)15(13)18)21-9-14(22-10)20-6-5-11-7-19-8-11/h2-4,9,11,19H,5-8H2,1H3,(H,20,22). The molecule has 0 saturated carbocycles. The van der Waals surface area contributed by atoms with Gasteiger partial charge in [0.15, 0.2) is 0 Å². The highest BCUT2D eigenvalue weighted by molar-refractivity contribution is 7.99. The van der Waals surface area contributed by atoms with Crippen LogP contribution in [0.4, 0.5) is 5.82 Å². The second-order valence-corrected chi connectivity index (χ2v) is 7.36. The first-order valence-corrected chi connectivity index (χ1v) is 9.11. The van der Waals surface area contributed by atoms with E-state index in [-0.39, 0.29) is 0 Å². The van der Waals surface area contributed by atoms with Gasteiger partial charge >= 0.3 is 0 Å². The van der Waals surface area contributed by atoms with E-state index in [9.17, 15) is 0 Å². The van der Waals surface area contributed by atoms with Gasteiger partial charge in [-0.1, -0.05) is 41.0 Å². The number of hydrogen-bond donors (Lipinski definition) is 2. The van der Waals surface area contributed by atoms with Crippen molar-refractivity contribution in [2.75, 3.05) is 25.0 Å². The van der Waals surface area contributed by atoms with Crippen molar-refractivity contribution in [1.29, 1.82) is 0 Å². The Labute approximate surface area is 150 Å². The number of nitrogens with one attached hydrogen (secondary N) is 2. The van der Waals surface area contributed by atoms with Crippen molar-refractivity contribution in [3.63, 3.8) is 0 Å². The number of hydrogen-bond acceptors (Lipinski definition) is 5. The summed E-state index contributed by atoms with van der Waals surface area (Å²) in [5.74, 6) is 1.60. The first-order chi connectivity index (χ1) is 11.1. The van der Waals surface area contributed by atoms with Crippen LogP contribution in [-0.4, -0.2) is 29.6 Å². The number of anilines is 1. The molecule has 0 atom stereocenters. The molecule has 2 N–H and O–H groups in total. The lowest BCUT2D eigenvalue weighted by Gasteiger charge is -2.27. The summed E-state index contributed by atoms with van der Waals surface area (Å²) in [5, 5.41) is 8.55. The van der Waals surface area contributed by atoms with E-state index in [1.54, 1.807) is 12.3 Å². The fourth-order valence-electron chi connectivity index (χ4n) is 2.28. The Hall–Kier alpha value is -1.01. The average molecular weight is 369 g/mol. The highest BCUT2D eigenvalue weighted by Gasteiger charge is 2.16. The van der Waals surface area contributed by atoms with Gasteiger partial charge in [-0.2, -0.15) is 0 Å². The van der Waals surface area contributed by atoms with Crippen molar-refractivity contribution in [3.8, 4) is 0 Å². The van der Waals surface area contributed by atoms with E-state index in [1.165, 1.54) is 11.8 Å². The molecule has 0 bridgehead atoms. The van der Waals surface area contributed by atoms with Crippen LogP contribution < -0.4 is 10.6 Å². The molecule has 1 fully saturated rings. The second-order valence-electron chi connectivity index (χ2n) is 5.54. The molecule has 0 unspecified atom stereocenters. The Morgan fingerprint density at radius 2 is 2.17 bits per heavy atom. The van der Waals surface area contributed by atoms with E-state index in [0.717, 1.165) is 53.4 Å². The summed E-state index contributed by atoms with van der Waals surface area (Å²) in [6.45, 7) is 5.13. The molecule has 2 heterocycles. The summed E-state index contributed by atoms with van der Waals surface area (Å²) in [4.78, 5) is 9.96. The minimum absolute atomic E-state index is 0.547. The maximum absolute atomic E-state index is 6.23. The Bertz CT molecular complexity index is 692. The summed E-state index contributed by atoms with van der Waals surface area (Å²) in [6, 6.07) is 5.58. The van der Waals surface area contributed by atoms with Gasteiger partial charge in [0.05, 0.1) is 21.9 Å². The smallest absolute Gasteiger partial charge is 0.144 e. The van der Waals surface area contributed by atoms with Crippen LogP contribution in [0.2, 0.25) is 10.0 Å². The first-order valence-electron chi connectivity index (χ1n) is 7.53. The molecule has 0 amide bonds. The van der Waals surface area contributed by atoms with E-state index in [0.29, 0.717) is 10.0 Å². The fourth-order valence-corrected chi connectivity index (χ4v) is 3.61. The van der Waals surface area contributed by atoms with Crippen molar-refractivity contribution < 1.29 is 0 Å². The summed E-state index contributed by atoms with van der Waals surface area (Å²) >= 11 is 13.8. The third-order valence-corrected chi connectivity index (χ3v) is 5.83. The van der Waals surface area contributed by atoms with E-state index in [4.69, 9.17) is 23.2 Å². The number of aryl methyl sites for hydroxylation is 1. The largest absolute Gasteiger partial charge is 0.369 e. The summed E-state index contributed by atoms with van der Waals surface area (Å²) in [7, 11) is 0. The number of halogens is 2. The van der Waals surface area contributed by atoms with Crippen molar-refractivity contribution in [3.05, 3.63) is 40.1 Å². The van der Waals surface area contributed by atoms with Crippen molar-refractivity contribution in [1.82, 2.24) is 15.3 Å². The van der Waals surface area contributed by atoms with Crippen LogP contribution in [0, 0.1) is 12.8 Å². The summed E-state index contributed by atoms with van der Waals surface area (Å²) < 4.78 is 0. The molecule has 3 rings (SSSR count). The van der Waals surface area contributed by atoms with Crippen LogP contribution in [-0.2, 0) is 0 Å². The topological polar surface area (TPSA) is 49.8 Å². The van der Waals surface area contributed by atoms with Crippen LogP contribution in [0.5, 0.6) is 0 Å². The van der Waals surface area contributed by atoms with Crippen LogP contribution >= 0.6 is 35.0 Å². The van der Waals surface area contributed by atoms with Gasteiger partial charge in [0.25, 0.3) is 0 Å². The Balaban J connectivity index is 1.63. The van der Waals surface area contributed by atoms with Crippen LogP contribution in [0.1, 0.15) is 12.1 Å². The van der Waals surface area contributed by atoms with E-state index in [1.807, 2.05) is 19.1 Å².